The van der Waals surface area contributed by atoms with Gasteiger partial charge >= 0.3 is 0 Å². The number of nitrogens with zero attached hydrogens (tertiary/aromatic N) is 3. The standard InChI is InChI=1S/C13H24N4O2/c1-11(18)16-6-8-17(9-7-16)13(19)10-15-4-2-12(14)3-5-15/h12H,2-10,14H2,1H3. The van der Waals surface area contributed by atoms with Gasteiger partial charge in [-0.25, -0.2) is 0 Å². The second-order valence-corrected chi connectivity index (χ2v) is 5.50. The predicted molar refractivity (Wildman–Crippen MR) is 72.5 cm³/mol. The quantitative estimate of drug-likeness (QED) is 0.705. The summed E-state index contributed by atoms with van der Waals surface area (Å²) in [5.41, 5.74) is 5.85. The van der Waals surface area contributed by atoms with Gasteiger partial charge in [-0.15, -0.1) is 0 Å². The molecular weight excluding hydrogens is 244 g/mol. The van der Waals surface area contributed by atoms with Crippen LogP contribution >= 0.6 is 0 Å². The number of piperazine rings is 1. The van der Waals surface area contributed by atoms with Crippen LogP contribution in [0.5, 0.6) is 0 Å². The van der Waals surface area contributed by atoms with E-state index in [4.69, 9.17) is 5.73 Å². The van der Waals surface area contributed by atoms with Gasteiger partial charge in [-0.3, -0.25) is 14.5 Å². The number of hydrogen-bond acceptors (Lipinski definition) is 4. The Hall–Kier alpha value is -1.14. The van der Waals surface area contributed by atoms with Crippen molar-refractivity contribution in [1.29, 1.82) is 0 Å². The first kappa shape index (κ1) is 14.3. The fourth-order valence-corrected chi connectivity index (χ4v) is 2.67. The third kappa shape index (κ3) is 3.91. The van der Waals surface area contributed by atoms with Crippen molar-refractivity contribution < 1.29 is 9.59 Å². The molecule has 2 aliphatic rings. The van der Waals surface area contributed by atoms with E-state index in [0.29, 0.717) is 38.8 Å². The first-order chi connectivity index (χ1) is 9.06. The SMILES string of the molecule is CC(=O)N1CCN(C(=O)CN2CCC(N)CC2)CC1. The Balaban J connectivity index is 1.74. The van der Waals surface area contributed by atoms with E-state index in [2.05, 4.69) is 4.90 Å². The molecule has 2 aliphatic heterocycles. The Kier molecular flexibility index (Phi) is 4.76. The van der Waals surface area contributed by atoms with Crippen molar-refractivity contribution in [2.75, 3.05) is 45.8 Å². The summed E-state index contributed by atoms with van der Waals surface area (Å²) in [5.74, 6) is 0.274. The molecule has 2 heterocycles. The summed E-state index contributed by atoms with van der Waals surface area (Å²) in [4.78, 5) is 29.2. The van der Waals surface area contributed by atoms with E-state index in [-0.39, 0.29) is 11.8 Å². The number of amides is 2. The van der Waals surface area contributed by atoms with E-state index in [1.807, 2.05) is 4.90 Å². The minimum Gasteiger partial charge on any atom is -0.339 e. The summed E-state index contributed by atoms with van der Waals surface area (Å²) >= 11 is 0. The smallest absolute Gasteiger partial charge is 0.236 e. The maximum Gasteiger partial charge on any atom is 0.236 e. The molecule has 0 bridgehead atoms. The van der Waals surface area contributed by atoms with Crippen LogP contribution in [0.3, 0.4) is 0 Å². The average molecular weight is 268 g/mol. The first-order valence-electron chi connectivity index (χ1n) is 7.07. The summed E-state index contributed by atoms with van der Waals surface area (Å²) in [6.45, 7) is 6.54. The van der Waals surface area contributed by atoms with Crippen LogP contribution in [0.2, 0.25) is 0 Å². The van der Waals surface area contributed by atoms with Crippen LogP contribution in [0.1, 0.15) is 19.8 Å². The molecule has 0 aromatic carbocycles. The van der Waals surface area contributed by atoms with Gasteiger partial charge in [-0.2, -0.15) is 0 Å². The topological polar surface area (TPSA) is 69.9 Å². The number of carbonyl (C=O) groups is 2. The molecular formula is C13H24N4O2. The Morgan fingerprint density at radius 2 is 1.53 bits per heavy atom. The highest BCUT2D eigenvalue weighted by Crippen LogP contribution is 2.09. The third-order valence-corrected chi connectivity index (χ3v) is 4.07. The maximum absolute atomic E-state index is 12.2. The third-order valence-electron chi connectivity index (χ3n) is 4.07. The van der Waals surface area contributed by atoms with Crippen molar-refractivity contribution in [2.45, 2.75) is 25.8 Å². The summed E-state index contributed by atoms with van der Waals surface area (Å²) < 4.78 is 0. The summed E-state index contributed by atoms with van der Waals surface area (Å²) in [5, 5.41) is 0. The lowest BCUT2D eigenvalue weighted by Crippen LogP contribution is -2.53. The van der Waals surface area contributed by atoms with Gasteiger partial charge in [-0.05, 0) is 12.8 Å². The number of hydrogen-bond donors (Lipinski definition) is 1. The monoisotopic (exact) mass is 268 g/mol. The molecule has 2 rings (SSSR count). The number of rotatable bonds is 2. The molecule has 2 saturated heterocycles. The highest BCUT2D eigenvalue weighted by molar-refractivity contribution is 5.79. The van der Waals surface area contributed by atoms with Crippen molar-refractivity contribution in [3.05, 3.63) is 0 Å². The molecule has 2 amide bonds. The summed E-state index contributed by atoms with van der Waals surface area (Å²) in [7, 11) is 0. The predicted octanol–water partition coefficient (Wildman–Crippen LogP) is -0.900. The Labute approximate surface area is 114 Å². The van der Waals surface area contributed by atoms with Gasteiger partial charge in [0.15, 0.2) is 0 Å². The molecule has 0 atom stereocenters. The molecule has 0 aromatic heterocycles. The van der Waals surface area contributed by atoms with Crippen LogP contribution in [0.15, 0.2) is 0 Å². The lowest BCUT2D eigenvalue weighted by atomic mass is 10.1. The van der Waals surface area contributed by atoms with Crippen LogP contribution in [-0.2, 0) is 9.59 Å². The summed E-state index contributed by atoms with van der Waals surface area (Å²) in [6.07, 6.45) is 1.96. The van der Waals surface area contributed by atoms with Crippen molar-refractivity contribution >= 4 is 11.8 Å². The number of carbonyl (C=O) groups excluding carboxylic acids is 2. The minimum absolute atomic E-state index is 0.0946. The zero-order valence-electron chi connectivity index (χ0n) is 11.7. The second kappa shape index (κ2) is 6.34. The molecule has 108 valence electrons. The zero-order chi connectivity index (χ0) is 13.8. The summed E-state index contributed by atoms with van der Waals surface area (Å²) in [6, 6.07) is 0.297. The van der Waals surface area contributed by atoms with Crippen LogP contribution in [0.25, 0.3) is 0 Å². The van der Waals surface area contributed by atoms with E-state index in [1.54, 1.807) is 11.8 Å². The first-order valence-corrected chi connectivity index (χ1v) is 7.07. The van der Waals surface area contributed by atoms with E-state index >= 15 is 0 Å². The fraction of sp³-hybridized carbons (Fsp3) is 0.846. The van der Waals surface area contributed by atoms with Gasteiger partial charge in [-0.1, -0.05) is 0 Å². The van der Waals surface area contributed by atoms with E-state index in [9.17, 15) is 9.59 Å². The van der Waals surface area contributed by atoms with Gasteiger partial charge in [0, 0.05) is 52.2 Å². The molecule has 0 saturated carbocycles. The van der Waals surface area contributed by atoms with Crippen molar-refractivity contribution in [1.82, 2.24) is 14.7 Å². The van der Waals surface area contributed by atoms with E-state index in [0.717, 1.165) is 25.9 Å². The van der Waals surface area contributed by atoms with Gasteiger partial charge in [0.05, 0.1) is 6.54 Å². The van der Waals surface area contributed by atoms with Gasteiger partial charge < -0.3 is 15.5 Å². The molecule has 19 heavy (non-hydrogen) atoms. The van der Waals surface area contributed by atoms with Crippen molar-refractivity contribution in [3.63, 3.8) is 0 Å². The van der Waals surface area contributed by atoms with E-state index in [1.165, 1.54) is 0 Å². The molecule has 0 aromatic rings. The Bertz CT molecular complexity index is 332. The minimum atomic E-state index is 0.0946. The largest absolute Gasteiger partial charge is 0.339 e. The van der Waals surface area contributed by atoms with Crippen LogP contribution in [0, 0.1) is 0 Å². The number of likely N-dealkylation sites (tertiary alicyclic amines) is 1. The van der Waals surface area contributed by atoms with E-state index < -0.39 is 0 Å². The van der Waals surface area contributed by atoms with Crippen molar-refractivity contribution in [2.24, 2.45) is 5.73 Å². The normalized spacial score (nSPS) is 22.6. The highest BCUT2D eigenvalue weighted by Gasteiger charge is 2.25. The van der Waals surface area contributed by atoms with Gasteiger partial charge in [0.25, 0.3) is 0 Å². The lowest BCUT2D eigenvalue weighted by molar-refractivity contribution is -0.139. The lowest BCUT2D eigenvalue weighted by Gasteiger charge is -2.36. The van der Waals surface area contributed by atoms with Crippen LogP contribution in [-0.4, -0.2) is 78.4 Å². The second-order valence-electron chi connectivity index (χ2n) is 5.50. The molecule has 6 nitrogen and oxygen atoms in total. The molecule has 2 N–H and O–H groups in total. The maximum atomic E-state index is 12.2. The van der Waals surface area contributed by atoms with Gasteiger partial charge in [0.2, 0.25) is 11.8 Å². The fourth-order valence-electron chi connectivity index (χ4n) is 2.67. The molecule has 2 fully saturated rings. The number of piperidine rings is 1. The highest BCUT2D eigenvalue weighted by atomic mass is 16.2. The Morgan fingerprint density at radius 1 is 1.00 bits per heavy atom. The van der Waals surface area contributed by atoms with Crippen molar-refractivity contribution in [3.8, 4) is 0 Å². The molecule has 0 spiro atoms. The molecule has 6 heteroatoms. The van der Waals surface area contributed by atoms with Crippen LogP contribution < -0.4 is 5.73 Å². The molecule has 0 radical (unpaired) electrons. The zero-order valence-corrected chi connectivity index (χ0v) is 11.7. The average Bonchev–Trinajstić information content (AvgIpc) is 2.41. The Morgan fingerprint density at radius 3 is 2.05 bits per heavy atom. The molecule has 0 aliphatic carbocycles. The number of nitrogens with two attached hydrogens (primary N) is 1. The van der Waals surface area contributed by atoms with Gasteiger partial charge in [0.1, 0.15) is 0 Å². The molecule has 0 unspecified atom stereocenters. The van der Waals surface area contributed by atoms with Crippen LogP contribution in [0.4, 0.5) is 0 Å².